The minimum absolute atomic E-state index is 0.0669. The van der Waals surface area contributed by atoms with Gasteiger partial charge in [-0.05, 0) is 49.8 Å². The Kier molecular flexibility index (Phi) is 7.33. The normalized spacial score (nSPS) is 15.2. The summed E-state index contributed by atoms with van der Waals surface area (Å²) in [5, 5.41) is 22.9. The fourth-order valence-electron chi connectivity index (χ4n) is 4.48. The number of rotatable bonds is 7. The number of amides is 1. The van der Waals surface area contributed by atoms with Crippen molar-refractivity contribution < 1.29 is 14.3 Å². The number of fused-ring (bicyclic) bond motifs is 2. The Morgan fingerprint density at radius 3 is 2.86 bits per heavy atom. The Hall–Kier alpha value is -3.88. The van der Waals surface area contributed by atoms with Gasteiger partial charge in [-0.1, -0.05) is 25.1 Å². The summed E-state index contributed by atoms with van der Waals surface area (Å²) in [6.45, 7) is 4.68. The van der Waals surface area contributed by atoms with Gasteiger partial charge in [0.15, 0.2) is 0 Å². The summed E-state index contributed by atoms with van der Waals surface area (Å²) in [6, 6.07) is 11.8. The van der Waals surface area contributed by atoms with Crippen LogP contribution in [0.15, 0.2) is 36.0 Å². The Morgan fingerprint density at radius 1 is 1.31 bits per heavy atom. The first-order valence-corrected chi connectivity index (χ1v) is 12.5. The average Bonchev–Trinajstić information content (AvgIpc) is 3.38. The zero-order chi connectivity index (χ0) is 24.9. The SMILES string of the molecule is CCOC(=O)c1c(NC(=O)C(C#N)=Cc2cn(CCC#N)c3ccccc23)sc2c1CCC(C)C2. The zero-order valence-electron chi connectivity index (χ0n) is 19.8. The maximum Gasteiger partial charge on any atom is 0.341 e. The number of para-hydroxylation sites is 1. The molecule has 1 atom stereocenters. The van der Waals surface area contributed by atoms with Gasteiger partial charge in [0.05, 0.1) is 24.7 Å². The van der Waals surface area contributed by atoms with Crippen molar-refractivity contribution in [1.82, 2.24) is 4.57 Å². The van der Waals surface area contributed by atoms with Crippen LogP contribution in [-0.2, 0) is 28.9 Å². The molecule has 1 unspecified atom stereocenters. The molecular formula is C27H26N4O3S. The lowest BCUT2D eigenvalue weighted by Gasteiger charge is -2.18. The first kappa shape index (κ1) is 24.3. The number of carbonyl (C=O) groups is 2. The highest BCUT2D eigenvalue weighted by atomic mass is 32.1. The molecule has 2 aromatic heterocycles. The molecule has 1 N–H and O–H groups in total. The van der Waals surface area contributed by atoms with Crippen LogP contribution in [-0.4, -0.2) is 23.1 Å². The number of thiophene rings is 1. The van der Waals surface area contributed by atoms with E-state index in [1.54, 1.807) is 13.0 Å². The molecule has 0 aliphatic heterocycles. The highest BCUT2D eigenvalue weighted by Gasteiger charge is 2.29. The number of nitrogens with zero attached hydrogens (tertiary/aromatic N) is 3. The molecule has 1 amide bonds. The van der Waals surface area contributed by atoms with Crippen LogP contribution in [0.4, 0.5) is 5.00 Å². The Bertz CT molecular complexity index is 1400. The summed E-state index contributed by atoms with van der Waals surface area (Å²) in [5.74, 6) is -0.510. The molecule has 4 rings (SSSR count). The van der Waals surface area contributed by atoms with E-state index in [4.69, 9.17) is 10.00 Å². The predicted octanol–water partition coefficient (Wildman–Crippen LogP) is 5.46. The molecule has 3 aromatic rings. The molecule has 0 spiro atoms. The molecule has 2 heterocycles. The van der Waals surface area contributed by atoms with Crippen molar-refractivity contribution in [3.05, 3.63) is 57.6 Å². The zero-order valence-corrected chi connectivity index (χ0v) is 20.6. The number of aromatic nitrogens is 1. The molecule has 35 heavy (non-hydrogen) atoms. The van der Waals surface area contributed by atoms with Gasteiger partial charge in [-0.2, -0.15) is 10.5 Å². The van der Waals surface area contributed by atoms with Gasteiger partial charge in [-0.3, -0.25) is 4.79 Å². The van der Waals surface area contributed by atoms with E-state index in [0.717, 1.165) is 46.2 Å². The second-order valence-electron chi connectivity index (χ2n) is 8.60. The van der Waals surface area contributed by atoms with Crippen molar-refractivity contribution in [2.75, 3.05) is 11.9 Å². The van der Waals surface area contributed by atoms with Gasteiger partial charge in [0.1, 0.15) is 16.6 Å². The van der Waals surface area contributed by atoms with E-state index in [-0.39, 0.29) is 12.2 Å². The third-order valence-electron chi connectivity index (χ3n) is 6.17. The quantitative estimate of drug-likeness (QED) is 0.271. The third-order valence-corrected chi connectivity index (χ3v) is 7.34. The molecule has 7 nitrogen and oxygen atoms in total. The van der Waals surface area contributed by atoms with E-state index in [2.05, 4.69) is 18.3 Å². The molecule has 1 aromatic carbocycles. The predicted molar refractivity (Wildman–Crippen MR) is 136 cm³/mol. The molecule has 0 saturated heterocycles. The largest absolute Gasteiger partial charge is 0.462 e. The van der Waals surface area contributed by atoms with Crippen LogP contribution in [0.3, 0.4) is 0 Å². The van der Waals surface area contributed by atoms with Crippen molar-refractivity contribution in [2.24, 2.45) is 5.92 Å². The summed E-state index contributed by atoms with van der Waals surface area (Å²) in [5.41, 5.74) is 2.94. The lowest BCUT2D eigenvalue weighted by molar-refractivity contribution is -0.112. The Morgan fingerprint density at radius 2 is 2.11 bits per heavy atom. The number of hydrogen-bond acceptors (Lipinski definition) is 6. The maximum atomic E-state index is 13.2. The van der Waals surface area contributed by atoms with Crippen LogP contribution in [0.2, 0.25) is 0 Å². The van der Waals surface area contributed by atoms with Crippen molar-refractivity contribution >= 4 is 45.2 Å². The highest BCUT2D eigenvalue weighted by Crippen LogP contribution is 2.40. The van der Waals surface area contributed by atoms with E-state index in [9.17, 15) is 14.9 Å². The molecule has 1 aliphatic carbocycles. The van der Waals surface area contributed by atoms with E-state index in [1.807, 2.05) is 41.1 Å². The number of nitrogens with one attached hydrogen (secondary N) is 1. The van der Waals surface area contributed by atoms with Crippen LogP contribution in [0, 0.1) is 28.6 Å². The number of benzene rings is 1. The summed E-state index contributed by atoms with van der Waals surface area (Å²) in [6.07, 6.45) is 6.35. The van der Waals surface area contributed by atoms with E-state index in [1.165, 1.54) is 11.3 Å². The highest BCUT2D eigenvalue weighted by molar-refractivity contribution is 7.17. The monoisotopic (exact) mass is 486 g/mol. The fraction of sp³-hybridized carbons (Fsp3) is 0.333. The maximum absolute atomic E-state index is 13.2. The number of aryl methyl sites for hydroxylation is 1. The van der Waals surface area contributed by atoms with Gasteiger partial charge in [0.2, 0.25) is 0 Å². The van der Waals surface area contributed by atoms with Gasteiger partial charge in [-0.15, -0.1) is 11.3 Å². The smallest absolute Gasteiger partial charge is 0.341 e. The van der Waals surface area contributed by atoms with E-state index >= 15 is 0 Å². The molecule has 0 saturated carbocycles. The van der Waals surface area contributed by atoms with Gasteiger partial charge < -0.3 is 14.6 Å². The number of esters is 1. The molecule has 1 aliphatic rings. The van der Waals surface area contributed by atoms with Gasteiger partial charge in [0.25, 0.3) is 5.91 Å². The average molecular weight is 487 g/mol. The lowest BCUT2D eigenvalue weighted by Crippen LogP contribution is -2.17. The minimum atomic E-state index is -0.571. The number of anilines is 1. The van der Waals surface area contributed by atoms with Crippen molar-refractivity contribution in [2.45, 2.75) is 46.1 Å². The van der Waals surface area contributed by atoms with Crippen LogP contribution < -0.4 is 5.32 Å². The van der Waals surface area contributed by atoms with Gasteiger partial charge in [0, 0.05) is 34.1 Å². The van der Waals surface area contributed by atoms with Crippen LogP contribution in [0.5, 0.6) is 0 Å². The number of carbonyl (C=O) groups excluding carboxylic acids is 2. The van der Waals surface area contributed by atoms with Crippen LogP contribution in [0.1, 0.15) is 53.1 Å². The first-order chi connectivity index (χ1) is 17.0. The number of hydrogen-bond donors (Lipinski definition) is 1. The molecule has 0 fully saturated rings. The molecule has 0 bridgehead atoms. The number of nitriles is 2. The molecule has 178 valence electrons. The Balaban J connectivity index is 1.68. The second-order valence-corrected chi connectivity index (χ2v) is 9.71. The van der Waals surface area contributed by atoms with Crippen LogP contribution >= 0.6 is 11.3 Å². The Labute approximate surface area is 208 Å². The van der Waals surface area contributed by atoms with Crippen molar-refractivity contribution in [1.29, 1.82) is 10.5 Å². The molecule has 0 radical (unpaired) electrons. The lowest BCUT2D eigenvalue weighted by atomic mass is 9.88. The first-order valence-electron chi connectivity index (χ1n) is 11.7. The molecular weight excluding hydrogens is 460 g/mol. The topological polar surface area (TPSA) is 108 Å². The minimum Gasteiger partial charge on any atom is -0.462 e. The third kappa shape index (κ3) is 4.99. The van der Waals surface area contributed by atoms with E-state index < -0.39 is 11.9 Å². The van der Waals surface area contributed by atoms with Crippen LogP contribution in [0.25, 0.3) is 17.0 Å². The summed E-state index contributed by atoms with van der Waals surface area (Å²) < 4.78 is 7.23. The van der Waals surface area contributed by atoms with Crippen molar-refractivity contribution in [3.8, 4) is 12.1 Å². The summed E-state index contributed by atoms with van der Waals surface area (Å²) >= 11 is 1.39. The standard InChI is InChI=1S/C27H26N4O3S/c1-3-34-27(33)24-21-10-9-17(2)13-23(21)35-26(24)30-25(32)18(15-29)14-19-16-31(12-6-11-28)22-8-5-4-7-20(19)22/h4-5,7-8,14,16-17H,3,6,9-10,12-13H2,1-2H3,(H,30,32). The fourth-order valence-corrected chi connectivity index (χ4v) is 5.87. The van der Waals surface area contributed by atoms with E-state index in [0.29, 0.717) is 29.4 Å². The van der Waals surface area contributed by atoms with Gasteiger partial charge in [-0.25, -0.2) is 4.79 Å². The summed E-state index contributed by atoms with van der Waals surface area (Å²) in [7, 11) is 0. The number of ether oxygens (including phenoxy) is 1. The summed E-state index contributed by atoms with van der Waals surface area (Å²) in [4.78, 5) is 27.0. The van der Waals surface area contributed by atoms with Gasteiger partial charge >= 0.3 is 5.97 Å². The second kappa shape index (κ2) is 10.6. The van der Waals surface area contributed by atoms with Crippen molar-refractivity contribution in [3.63, 3.8) is 0 Å². The molecule has 8 heteroatoms.